The van der Waals surface area contributed by atoms with Gasteiger partial charge in [0.2, 0.25) is 0 Å². The van der Waals surface area contributed by atoms with E-state index in [0.29, 0.717) is 17.1 Å². The normalized spacial score (nSPS) is 12.3. The van der Waals surface area contributed by atoms with Crippen LogP contribution in [0.1, 0.15) is 22.2 Å². The van der Waals surface area contributed by atoms with Crippen LogP contribution in [0.4, 0.5) is 0 Å². The van der Waals surface area contributed by atoms with Gasteiger partial charge in [-0.15, -0.1) is 0 Å². The standard InChI is InChI=1S/C13H13NO4/c14-10(7-15)12-6-5-11(18-12)8-3-1-2-4-9(8)13(16)17/h1-6,10,15H,7,14H2,(H,16,17)/t10-/m0/s1. The molecule has 1 atom stereocenters. The number of benzene rings is 1. The molecule has 1 aromatic heterocycles. The van der Waals surface area contributed by atoms with E-state index in [4.69, 9.17) is 20.4 Å². The van der Waals surface area contributed by atoms with Crippen LogP contribution in [0, 0.1) is 0 Å². The number of carbonyl (C=O) groups is 1. The molecule has 0 aliphatic carbocycles. The highest BCUT2D eigenvalue weighted by Gasteiger charge is 2.15. The van der Waals surface area contributed by atoms with Crippen LogP contribution in [0.5, 0.6) is 0 Å². The van der Waals surface area contributed by atoms with Gasteiger partial charge in [-0.25, -0.2) is 4.79 Å². The number of hydrogen-bond acceptors (Lipinski definition) is 4. The maximum Gasteiger partial charge on any atom is 0.336 e. The number of carboxylic acid groups (broad SMARTS) is 1. The Morgan fingerprint density at radius 1 is 1.28 bits per heavy atom. The van der Waals surface area contributed by atoms with Gasteiger partial charge in [0.05, 0.1) is 18.2 Å². The molecule has 2 rings (SSSR count). The van der Waals surface area contributed by atoms with Gasteiger partial charge in [0.15, 0.2) is 0 Å². The van der Waals surface area contributed by atoms with Gasteiger partial charge in [-0.05, 0) is 18.2 Å². The lowest BCUT2D eigenvalue weighted by atomic mass is 10.1. The molecule has 0 spiro atoms. The van der Waals surface area contributed by atoms with Crippen LogP contribution in [0.15, 0.2) is 40.8 Å². The summed E-state index contributed by atoms with van der Waals surface area (Å²) in [6.45, 7) is -0.229. The van der Waals surface area contributed by atoms with E-state index in [9.17, 15) is 4.79 Å². The molecule has 0 fully saturated rings. The average Bonchev–Trinajstić information content (AvgIpc) is 2.87. The minimum absolute atomic E-state index is 0.163. The first kappa shape index (κ1) is 12.3. The second kappa shape index (κ2) is 5.03. The number of furan rings is 1. The lowest BCUT2D eigenvalue weighted by molar-refractivity contribution is 0.0697. The number of hydrogen-bond donors (Lipinski definition) is 3. The van der Waals surface area contributed by atoms with E-state index >= 15 is 0 Å². The van der Waals surface area contributed by atoms with Crippen molar-refractivity contribution in [3.05, 3.63) is 47.7 Å². The van der Waals surface area contributed by atoms with Gasteiger partial charge in [0.25, 0.3) is 0 Å². The van der Waals surface area contributed by atoms with Gasteiger partial charge < -0.3 is 20.4 Å². The molecule has 0 unspecified atom stereocenters. The van der Waals surface area contributed by atoms with Crippen LogP contribution in [-0.2, 0) is 0 Å². The van der Waals surface area contributed by atoms with Crippen molar-refractivity contribution in [3.63, 3.8) is 0 Å². The summed E-state index contributed by atoms with van der Waals surface area (Å²) in [5.74, 6) is -0.172. The summed E-state index contributed by atoms with van der Waals surface area (Å²) in [7, 11) is 0. The summed E-state index contributed by atoms with van der Waals surface area (Å²) in [4.78, 5) is 11.1. The fourth-order valence-electron chi connectivity index (χ4n) is 1.67. The first-order valence-corrected chi connectivity index (χ1v) is 5.42. The minimum atomic E-state index is -1.02. The summed E-state index contributed by atoms with van der Waals surface area (Å²) < 4.78 is 5.46. The third-order valence-corrected chi connectivity index (χ3v) is 2.61. The fraction of sp³-hybridized carbons (Fsp3) is 0.154. The number of aliphatic hydroxyl groups is 1. The third kappa shape index (κ3) is 2.27. The SMILES string of the molecule is N[C@@H](CO)c1ccc(-c2ccccc2C(=O)O)o1. The first-order valence-electron chi connectivity index (χ1n) is 5.42. The number of aliphatic hydroxyl groups excluding tert-OH is 1. The topological polar surface area (TPSA) is 96.7 Å². The maximum atomic E-state index is 11.1. The summed E-state index contributed by atoms with van der Waals surface area (Å²) in [5, 5.41) is 18.0. The van der Waals surface area contributed by atoms with Crippen LogP contribution < -0.4 is 5.73 Å². The average molecular weight is 247 g/mol. The largest absolute Gasteiger partial charge is 0.478 e. The zero-order chi connectivity index (χ0) is 13.1. The molecule has 0 aliphatic rings. The predicted octanol–water partition coefficient (Wildman–Crippen LogP) is 1.64. The molecular formula is C13H13NO4. The fourth-order valence-corrected chi connectivity index (χ4v) is 1.67. The molecule has 0 saturated carbocycles. The van der Waals surface area contributed by atoms with Crippen molar-refractivity contribution < 1.29 is 19.4 Å². The molecule has 0 aliphatic heterocycles. The van der Waals surface area contributed by atoms with E-state index in [2.05, 4.69) is 0 Å². The van der Waals surface area contributed by atoms with Crippen LogP contribution >= 0.6 is 0 Å². The Labute approximate surface area is 103 Å². The lowest BCUT2D eigenvalue weighted by Crippen LogP contribution is -2.13. The molecular weight excluding hydrogens is 234 g/mol. The zero-order valence-electron chi connectivity index (χ0n) is 9.54. The van der Waals surface area contributed by atoms with Crippen LogP contribution in [0.3, 0.4) is 0 Å². The summed E-state index contributed by atoms with van der Waals surface area (Å²) in [6.07, 6.45) is 0. The summed E-state index contributed by atoms with van der Waals surface area (Å²) in [5.41, 5.74) is 6.27. The Morgan fingerprint density at radius 2 is 2.00 bits per heavy atom. The van der Waals surface area contributed by atoms with Gasteiger partial charge in [0, 0.05) is 5.56 Å². The highest BCUT2D eigenvalue weighted by atomic mass is 16.4. The molecule has 1 heterocycles. The predicted molar refractivity (Wildman–Crippen MR) is 65.1 cm³/mol. The van der Waals surface area contributed by atoms with Gasteiger partial charge in [-0.3, -0.25) is 0 Å². The van der Waals surface area contributed by atoms with E-state index in [1.165, 1.54) is 6.07 Å². The maximum absolute atomic E-state index is 11.1. The van der Waals surface area contributed by atoms with E-state index in [1.54, 1.807) is 30.3 Å². The molecule has 0 bridgehead atoms. The second-order valence-corrected chi connectivity index (χ2v) is 3.84. The molecule has 5 heteroatoms. The van der Waals surface area contributed by atoms with Crippen LogP contribution in [-0.4, -0.2) is 22.8 Å². The number of nitrogens with two attached hydrogens (primary N) is 1. The van der Waals surface area contributed by atoms with E-state index < -0.39 is 12.0 Å². The molecule has 94 valence electrons. The van der Waals surface area contributed by atoms with Crippen molar-refractivity contribution >= 4 is 5.97 Å². The highest BCUT2D eigenvalue weighted by molar-refractivity contribution is 5.95. The number of carboxylic acids is 1. The van der Waals surface area contributed by atoms with Gasteiger partial charge in [-0.1, -0.05) is 18.2 Å². The third-order valence-electron chi connectivity index (χ3n) is 2.61. The molecule has 5 nitrogen and oxygen atoms in total. The summed E-state index contributed by atoms with van der Waals surface area (Å²) in [6, 6.07) is 9.23. The van der Waals surface area contributed by atoms with Crippen molar-refractivity contribution in [2.75, 3.05) is 6.61 Å². The molecule has 1 aromatic carbocycles. The van der Waals surface area contributed by atoms with Gasteiger partial charge in [-0.2, -0.15) is 0 Å². The van der Waals surface area contributed by atoms with E-state index in [0.717, 1.165) is 0 Å². The molecule has 4 N–H and O–H groups in total. The quantitative estimate of drug-likeness (QED) is 0.763. The molecule has 2 aromatic rings. The van der Waals surface area contributed by atoms with Crippen molar-refractivity contribution in [1.29, 1.82) is 0 Å². The highest BCUT2D eigenvalue weighted by Crippen LogP contribution is 2.27. The Morgan fingerprint density at radius 3 is 2.67 bits per heavy atom. The van der Waals surface area contributed by atoms with Crippen molar-refractivity contribution in [2.45, 2.75) is 6.04 Å². The van der Waals surface area contributed by atoms with Gasteiger partial charge >= 0.3 is 5.97 Å². The zero-order valence-corrected chi connectivity index (χ0v) is 9.54. The Bertz CT molecular complexity index is 562. The number of aromatic carboxylic acids is 1. The summed E-state index contributed by atoms with van der Waals surface area (Å²) >= 11 is 0. The van der Waals surface area contributed by atoms with Crippen molar-refractivity contribution in [3.8, 4) is 11.3 Å². The lowest BCUT2D eigenvalue weighted by Gasteiger charge is -2.05. The smallest absolute Gasteiger partial charge is 0.336 e. The minimum Gasteiger partial charge on any atom is -0.478 e. The molecule has 0 radical (unpaired) electrons. The Balaban J connectivity index is 2.43. The second-order valence-electron chi connectivity index (χ2n) is 3.84. The van der Waals surface area contributed by atoms with Crippen LogP contribution in [0.2, 0.25) is 0 Å². The molecule has 0 amide bonds. The van der Waals surface area contributed by atoms with Crippen molar-refractivity contribution in [1.82, 2.24) is 0 Å². The Kier molecular flexibility index (Phi) is 3.45. The van der Waals surface area contributed by atoms with E-state index in [1.807, 2.05) is 0 Å². The molecule has 18 heavy (non-hydrogen) atoms. The first-order chi connectivity index (χ1) is 8.63. The monoisotopic (exact) mass is 247 g/mol. The van der Waals surface area contributed by atoms with Crippen molar-refractivity contribution in [2.24, 2.45) is 5.73 Å². The number of rotatable bonds is 4. The van der Waals surface area contributed by atoms with E-state index in [-0.39, 0.29) is 12.2 Å². The Hall–Kier alpha value is -2.11. The molecule has 0 saturated heterocycles. The van der Waals surface area contributed by atoms with Crippen LogP contribution in [0.25, 0.3) is 11.3 Å². The van der Waals surface area contributed by atoms with Gasteiger partial charge in [0.1, 0.15) is 11.5 Å².